The van der Waals surface area contributed by atoms with Crippen molar-refractivity contribution in [2.75, 3.05) is 26.9 Å². The minimum Gasteiger partial charge on any atom is -0.481 e. The molecule has 1 aromatic heterocycles. The van der Waals surface area contributed by atoms with Crippen LogP contribution in [0, 0.1) is 56.7 Å². The van der Waals surface area contributed by atoms with Crippen molar-refractivity contribution in [2.45, 2.75) is 131 Å². The van der Waals surface area contributed by atoms with Crippen LogP contribution < -0.4 is 11.1 Å². The number of nitrogens with two attached hydrogens (primary N) is 1. The van der Waals surface area contributed by atoms with Crippen LogP contribution >= 0.6 is 0 Å². The lowest BCUT2D eigenvalue weighted by atomic mass is 9.34. The zero-order valence-corrected chi connectivity index (χ0v) is 32.5. The van der Waals surface area contributed by atoms with Crippen molar-refractivity contribution in [3.8, 4) is 0 Å². The Kier molecular flexibility index (Phi) is 9.50. The Bertz CT molecular complexity index is 1500. The number of carboxylic acids is 1. The van der Waals surface area contributed by atoms with Gasteiger partial charge in [-0.05, 0) is 96.7 Å². The van der Waals surface area contributed by atoms with Gasteiger partial charge in [0.25, 0.3) is 5.91 Å². The van der Waals surface area contributed by atoms with Crippen molar-refractivity contribution in [3.63, 3.8) is 0 Å². The molecule has 5 aliphatic rings. The zero-order valence-electron chi connectivity index (χ0n) is 32.5. The molecule has 1 aliphatic heterocycles. The number of carboxylic acid groups (broad SMARTS) is 1. The fourth-order valence-electron chi connectivity index (χ4n) is 12.6. The van der Waals surface area contributed by atoms with Gasteiger partial charge in [0.05, 0.1) is 37.9 Å². The summed E-state index contributed by atoms with van der Waals surface area (Å²) in [4.78, 5) is 31.2. The first kappa shape index (κ1) is 37.5. The lowest BCUT2D eigenvalue weighted by Crippen LogP contribution is -2.70. The number of nitrogens with zero attached hydrogens (tertiary/aromatic N) is 3. The molecule has 0 aromatic carbocycles. The van der Waals surface area contributed by atoms with Gasteiger partial charge < -0.3 is 25.6 Å². The standard InChI is InChI=1S/C40H65N5O5/c1-11-39(41,12-2)21-50-31-28(45-32(33(46)42-10)43-23-44-45)19-35(6)20-49-22-40(31)27-15-16-38(9)30(34(47)48)36(7,25(5)24(3)4)17-18-37(38,8)26(27)13-14-29(35)40/h15,23-26,28-31H,11-14,16-22,41H2,1-10H3,(H,42,46)(H,47,48)/t25-,26+,28-,29-,30-,31+,35-,36-,37-,38+,40+/m1/s1. The molecule has 4 aliphatic carbocycles. The van der Waals surface area contributed by atoms with E-state index in [-0.39, 0.29) is 52.0 Å². The molecular weight excluding hydrogens is 630 g/mol. The van der Waals surface area contributed by atoms with Gasteiger partial charge in [-0.15, -0.1) is 0 Å². The minimum atomic E-state index is -0.657. The van der Waals surface area contributed by atoms with Crippen molar-refractivity contribution >= 4 is 11.9 Å². The maximum absolute atomic E-state index is 13.6. The van der Waals surface area contributed by atoms with E-state index in [4.69, 9.17) is 20.3 Å². The molecular formula is C40H65N5O5. The fourth-order valence-corrected chi connectivity index (χ4v) is 12.6. The summed E-state index contributed by atoms with van der Waals surface area (Å²) in [6.45, 7) is 21.8. The van der Waals surface area contributed by atoms with Gasteiger partial charge in [0.15, 0.2) is 0 Å². The molecule has 10 heteroatoms. The van der Waals surface area contributed by atoms with Crippen molar-refractivity contribution in [1.82, 2.24) is 20.1 Å². The predicted molar refractivity (Wildman–Crippen MR) is 193 cm³/mol. The van der Waals surface area contributed by atoms with Crippen molar-refractivity contribution < 1.29 is 24.2 Å². The topological polar surface area (TPSA) is 142 Å². The first-order chi connectivity index (χ1) is 23.4. The molecule has 280 valence electrons. The van der Waals surface area contributed by atoms with Crippen molar-refractivity contribution in [1.29, 1.82) is 0 Å². The smallest absolute Gasteiger partial charge is 0.307 e. The molecule has 1 aromatic rings. The third kappa shape index (κ3) is 5.11. The van der Waals surface area contributed by atoms with E-state index in [0.717, 1.165) is 44.9 Å². The maximum Gasteiger partial charge on any atom is 0.307 e. The Morgan fingerprint density at radius 1 is 1.12 bits per heavy atom. The van der Waals surface area contributed by atoms with E-state index in [1.807, 2.05) is 4.68 Å². The van der Waals surface area contributed by atoms with Gasteiger partial charge in [0.1, 0.15) is 6.33 Å². The summed E-state index contributed by atoms with van der Waals surface area (Å²) in [5.41, 5.74) is 6.21. The lowest BCUT2D eigenvalue weighted by molar-refractivity contribution is -0.254. The first-order valence-corrected chi connectivity index (χ1v) is 19.5. The predicted octanol–water partition coefficient (Wildman–Crippen LogP) is 6.67. The average molecular weight is 696 g/mol. The van der Waals surface area contributed by atoms with Crippen molar-refractivity contribution in [2.24, 2.45) is 62.4 Å². The summed E-state index contributed by atoms with van der Waals surface area (Å²) in [6, 6.07) is -0.262. The largest absolute Gasteiger partial charge is 0.481 e. The molecule has 10 nitrogen and oxygen atoms in total. The van der Waals surface area contributed by atoms with Crippen LogP contribution in [0.5, 0.6) is 0 Å². The molecule has 2 heterocycles. The highest BCUT2D eigenvalue weighted by atomic mass is 16.5. The number of amides is 1. The van der Waals surface area contributed by atoms with Crippen LogP contribution in [0.2, 0.25) is 0 Å². The maximum atomic E-state index is 13.6. The van der Waals surface area contributed by atoms with E-state index in [0.29, 0.717) is 38.1 Å². The summed E-state index contributed by atoms with van der Waals surface area (Å²) in [6.07, 6.45) is 10.5. The summed E-state index contributed by atoms with van der Waals surface area (Å²) in [5.74, 6) is 0.0472. The molecule has 11 atom stereocenters. The Morgan fingerprint density at radius 2 is 1.82 bits per heavy atom. The Morgan fingerprint density at radius 3 is 2.44 bits per heavy atom. The first-order valence-electron chi connectivity index (χ1n) is 19.5. The summed E-state index contributed by atoms with van der Waals surface area (Å²) in [7, 11) is 1.62. The molecule has 2 bridgehead atoms. The lowest BCUT2D eigenvalue weighted by Gasteiger charge is -2.71. The number of aliphatic carboxylic acids is 1. The number of nitrogens with one attached hydrogen (secondary N) is 1. The van der Waals surface area contributed by atoms with Crippen molar-refractivity contribution in [3.05, 3.63) is 23.8 Å². The van der Waals surface area contributed by atoms with Crippen LogP contribution in [-0.4, -0.2) is 70.3 Å². The quantitative estimate of drug-likeness (QED) is 0.231. The van der Waals surface area contributed by atoms with E-state index >= 15 is 0 Å². The third-order valence-electron chi connectivity index (χ3n) is 16.3. The van der Waals surface area contributed by atoms with E-state index in [9.17, 15) is 14.7 Å². The molecule has 6 rings (SSSR count). The summed E-state index contributed by atoms with van der Waals surface area (Å²) < 4.78 is 15.8. The van der Waals surface area contributed by atoms with Gasteiger partial charge in [0.2, 0.25) is 5.82 Å². The zero-order chi connectivity index (χ0) is 36.7. The van der Waals surface area contributed by atoms with E-state index in [2.05, 4.69) is 78.7 Å². The summed E-state index contributed by atoms with van der Waals surface area (Å²) >= 11 is 0. The van der Waals surface area contributed by atoms with E-state index in [1.54, 1.807) is 7.05 Å². The van der Waals surface area contributed by atoms with Crippen LogP contribution in [-0.2, 0) is 14.3 Å². The van der Waals surface area contributed by atoms with Crippen LogP contribution in [0.15, 0.2) is 18.0 Å². The Labute approximate surface area is 300 Å². The molecule has 1 amide bonds. The summed E-state index contributed by atoms with van der Waals surface area (Å²) in [5, 5.41) is 18.6. The number of aromatic nitrogens is 3. The normalized spacial score (nSPS) is 41.8. The molecule has 3 saturated carbocycles. The number of allylic oxidation sites excluding steroid dienone is 1. The SMILES string of the molecule is CCC(N)(CC)CO[C@H]1[C@H](n2ncnc2C(=O)NC)C[C@]2(C)COC[C@@]13C1=CC[C@@]4(C)[C@H](C(=O)O)[C@@](C)([C@H](C)C(C)C)CC[C@]4(C)[C@H]1CC[C@H]23. The van der Waals surface area contributed by atoms with E-state index < -0.39 is 28.3 Å². The average Bonchev–Trinajstić information content (AvgIpc) is 3.57. The second-order valence-electron chi connectivity index (χ2n) is 18.6. The fraction of sp³-hybridized carbons (Fsp3) is 0.850. The molecule has 0 spiro atoms. The van der Waals surface area contributed by atoms with Crippen LogP contribution in [0.25, 0.3) is 0 Å². The number of fused-ring (bicyclic) bond motifs is 3. The number of hydrogen-bond donors (Lipinski definition) is 3. The highest BCUT2D eigenvalue weighted by Gasteiger charge is 2.72. The van der Waals surface area contributed by atoms with Gasteiger partial charge in [-0.2, -0.15) is 5.10 Å². The number of carbonyl (C=O) groups excluding carboxylic acids is 1. The molecule has 50 heavy (non-hydrogen) atoms. The molecule has 4 fully saturated rings. The molecule has 1 saturated heterocycles. The Balaban J connectivity index is 1.54. The monoisotopic (exact) mass is 695 g/mol. The Hall–Kier alpha value is -2.30. The van der Waals surface area contributed by atoms with Gasteiger partial charge in [-0.25, -0.2) is 9.67 Å². The van der Waals surface area contributed by atoms with Crippen LogP contribution in [0.4, 0.5) is 0 Å². The number of hydrogen-bond acceptors (Lipinski definition) is 7. The second kappa shape index (κ2) is 12.7. The van der Waals surface area contributed by atoms with Crippen LogP contribution in [0.1, 0.15) is 130 Å². The van der Waals surface area contributed by atoms with Gasteiger partial charge >= 0.3 is 5.97 Å². The number of rotatable bonds is 10. The molecule has 0 radical (unpaired) electrons. The molecule has 0 unspecified atom stereocenters. The minimum absolute atomic E-state index is 0.182. The number of ether oxygens (including phenoxy) is 2. The second-order valence-corrected chi connectivity index (χ2v) is 18.6. The molecule has 4 N–H and O–H groups in total. The van der Waals surface area contributed by atoms with Gasteiger partial charge in [0, 0.05) is 18.0 Å². The number of carbonyl (C=O) groups is 2. The van der Waals surface area contributed by atoms with E-state index in [1.165, 1.54) is 11.9 Å². The third-order valence-corrected chi connectivity index (χ3v) is 16.3. The highest BCUT2D eigenvalue weighted by molar-refractivity contribution is 5.90. The van der Waals surface area contributed by atoms with Gasteiger partial charge in [-0.1, -0.05) is 74.0 Å². The van der Waals surface area contributed by atoms with Gasteiger partial charge in [-0.3, -0.25) is 9.59 Å². The van der Waals surface area contributed by atoms with Crippen LogP contribution in [0.3, 0.4) is 0 Å². The highest BCUT2D eigenvalue weighted by Crippen LogP contribution is 2.75.